The molecule has 3 aromatic rings. The molecule has 212 valence electrons. The van der Waals surface area contributed by atoms with Gasteiger partial charge in [0.25, 0.3) is 0 Å². The number of amides is 2. The van der Waals surface area contributed by atoms with Crippen molar-refractivity contribution in [3.8, 4) is 11.5 Å². The van der Waals surface area contributed by atoms with Gasteiger partial charge in [-0.2, -0.15) is 0 Å². The summed E-state index contributed by atoms with van der Waals surface area (Å²) in [5.74, 6) is 0.172. The topological polar surface area (TPSA) is 80.3 Å². The van der Waals surface area contributed by atoms with Gasteiger partial charge >= 0.3 is 0 Å². The van der Waals surface area contributed by atoms with Crippen molar-refractivity contribution in [2.24, 2.45) is 0 Å². The zero-order valence-electron chi connectivity index (χ0n) is 23.0. The highest BCUT2D eigenvalue weighted by atomic mass is 19.1. The molecule has 1 aliphatic rings. The lowest BCUT2D eigenvalue weighted by Gasteiger charge is -2.32. The molecule has 0 aliphatic carbocycles. The van der Waals surface area contributed by atoms with Crippen LogP contribution in [-0.2, 0) is 27.3 Å². The molecule has 0 unspecified atom stereocenters. The molecule has 0 aromatic heterocycles. The molecule has 9 heteroatoms. The van der Waals surface area contributed by atoms with Crippen molar-refractivity contribution in [2.45, 2.75) is 19.0 Å². The lowest BCUT2D eigenvalue weighted by Crippen LogP contribution is -2.46. The van der Waals surface area contributed by atoms with Crippen LogP contribution in [0.2, 0.25) is 0 Å². The van der Waals surface area contributed by atoms with Gasteiger partial charge in [-0.05, 0) is 41.0 Å². The maximum absolute atomic E-state index is 14.0. The Morgan fingerprint density at radius 2 is 1.62 bits per heavy atom. The quantitative estimate of drug-likeness (QED) is 0.372. The number of carbonyl (C=O) groups excluding carboxylic acids is 2. The van der Waals surface area contributed by atoms with Crippen LogP contribution in [0.15, 0.2) is 72.8 Å². The summed E-state index contributed by atoms with van der Waals surface area (Å²) in [4.78, 5) is 31.5. The Morgan fingerprint density at radius 1 is 0.950 bits per heavy atom. The number of nitrogens with one attached hydrogen (secondary N) is 1. The molecule has 1 aliphatic heterocycles. The second-order valence-electron chi connectivity index (χ2n) is 9.57. The zero-order valence-corrected chi connectivity index (χ0v) is 23.0. The van der Waals surface area contributed by atoms with Crippen molar-refractivity contribution in [1.82, 2.24) is 15.1 Å². The molecular formula is C31H36FN3O5. The van der Waals surface area contributed by atoms with Gasteiger partial charge in [0.05, 0.1) is 33.9 Å². The normalized spacial score (nSPS) is 14.3. The predicted molar refractivity (Wildman–Crippen MR) is 150 cm³/mol. The number of benzene rings is 3. The highest BCUT2D eigenvalue weighted by molar-refractivity contribution is 5.89. The summed E-state index contributed by atoms with van der Waals surface area (Å²) in [6, 6.07) is 19.6. The Bertz CT molecular complexity index is 1250. The SMILES string of the molecule is COc1ccc(CC(=O)N(Cc2ccc(F)cc2)[C@@H](C(=O)NCCN2CCOCC2)c2ccccc2)cc1OC. The third-order valence-corrected chi connectivity index (χ3v) is 6.90. The van der Waals surface area contributed by atoms with Crippen molar-refractivity contribution < 1.29 is 28.2 Å². The van der Waals surface area contributed by atoms with E-state index in [0.717, 1.165) is 13.1 Å². The standard InChI is InChI=1S/C31H36FN3O5/c1-38-27-13-10-24(20-28(27)39-2)21-29(36)35(22-23-8-11-26(32)12-9-23)30(25-6-4-3-5-7-25)31(37)33-14-15-34-16-18-40-19-17-34/h3-13,20,30H,14-19,21-22H2,1-2H3,(H,33,37)/t30-/m1/s1. The van der Waals surface area contributed by atoms with E-state index in [1.165, 1.54) is 19.2 Å². The molecule has 0 saturated carbocycles. The molecular weight excluding hydrogens is 513 g/mol. The molecule has 3 aromatic carbocycles. The number of nitrogens with zero attached hydrogens (tertiary/aromatic N) is 2. The van der Waals surface area contributed by atoms with Crippen molar-refractivity contribution >= 4 is 11.8 Å². The second-order valence-corrected chi connectivity index (χ2v) is 9.57. The Labute approximate surface area is 234 Å². The Morgan fingerprint density at radius 3 is 2.30 bits per heavy atom. The largest absolute Gasteiger partial charge is 0.493 e. The van der Waals surface area contributed by atoms with Crippen LogP contribution in [0.25, 0.3) is 0 Å². The molecule has 8 nitrogen and oxygen atoms in total. The van der Waals surface area contributed by atoms with Gasteiger partial charge in [0.1, 0.15) is 11.9 Å². The van der Waals surface area contributed by atoms with E-state index >= 15 is 0 Å². The van der Waals surface area contributed by atoms with Gasteiger partial charge in [0.2, 0.25) is 11.8 Å². The maximum atomic E-state index is 14.0. The van der Waals surface area contributed by atoms with Crippen LogP contribution in [0.3, 0.4) is 0 Å². The molecule has 4 rings (SSSR count). The van der Waals surface area contributed by atoms with E-state index in [9.17, 15) is 14.0 Å². The van der Waals surface area contributed by atoms with Gasteiger partial charge in [-0.3, -0.25) is 14.5 Å². The first-order chi connectivity index (χ1) is 19.5. The molecule has 1 fully saturated rings. The molecule has 40 heavy (non-hydrogen) atoms. The fraction of sp³-hybridized carbons (Fsp3) is 0.355. The van der Waals surface area contributed by atoms with E-state index in [4.69, 9.17) is 14.2 Å². The lowest BCUT2D eigenvalue weighted by atomic mass is 10.0. The number of hydrogen-bond acceptors (Lipinski definition) is 6. The van der Waals surface area contributed by atoms with E-state index in [1.54, 1.807) is 42.3 Å². The highest BCUT2D eigenvalue weighted by Gasteiger charge is 2.31. The van der Waals surface area contributed by atoms with E-state index in [-0.39, 0.29) is 30.6 Å². The fourth-order valence-corrected chi connectivity index (χ4v) is 4.74. The van der Waals surface area contributed by atoms with Crippen LogP contribution in [-0.4, -0.2) is 75.2 Å². The smallest absolute Gasteiger partial charge is 0.247 e. The molecule has 1 N–H and O–H groups in total. The third kappa shape index (κ3) is 7.80. The third-order valence-electron chi connectivity index (χ3n) is 6.90. The summed E-state index contributed by atoms with van der Waals surface area (Å²) < 4.78 is 29.8. The fourth-order valence-electron chi connectivity index (χ4n) is 4.74. The van der Waals surface area contributed by atoms with E-state index in [0.29, 0.717) is 54.5 Å². The molecule has 0 bridgehead atoms. The predicted octanol–water partition coefficient (Wildman–Crippen LogP) is 3.60. The molecule has 0 spiro atoms. The summed E-state index contributed by atoms with van der Waals surface area (Å²) in [5.41, 5.74) is 2.12. The molecule has 1 saturated heterocycles. The number of morpholine rings is 1. The van der Waals surface area contributed by atoms with Gasteiger partial charge in [0, 0.05) is 32.7 Å². The van der Waals surface area contributed by atoms with Crippen LogP contribution < -0.4 is 14.8 Å². The Kier molecular flexibility index (Phi) is 10.5. The van der Waals surface area contributed by atoms with Gasteiger partial charge in [-0.25, -0.2) is 4.39 Å². The van der Waals surface area contributed by atoms with Crippen LogP contribution in [0.5, 0.6) is 11.5 Å². The van der Waals surface area contributed by atoms with Gasteiger partial charge < -0.3 is 24.4 Å². The Hall–Kier alpha value is -3.95. The molecule has 2 amide bonds. The number of carbonyl (C=O) groups is 2. The zero-order chi connectivity index (χ0) is 28.3. The van der Waals surface area contributed by atoms with Crippen LogP contribution in [0, 0.1) is 5.82 Å². The number of rotatable bonds is 12. The van der Waals surface area contributed by atoms with E-state index in [2.05, 4.69) is 10.2 Å². The van der Waals surface area contributed by atoms with Crippen LogP contribution in [0.1, 0.15) is 22.7 Å². The molecule has 1 heterocycles. The van der Waals surface area contributed by atoms with Crippen LogP contribution in [0.4, 0.5) is 4.39 Å². The number of halogens is 1. The number of methoxy groups -OCH3 is 2. The Balaban J connectivity index is 1.61. The van der Waals surface area contributed by atoms with Crippen LogP contribution >= 0.6 is 0 Å². The summed E-state index contributed by atoms with van der Waals surface area (Å²) in [5, 5.41) is 3.04. The average Bonchev–Trinajstić information content (AvgIpc) is 2.99. The van der Waals surface area contributed by atoms with Crippen molar-refractivity contribution in [3.63, 3.8) is 0 Å². The van der Waals surface area contributed by atoms with Crippen molar-refractivity contribution in [2.75, 3.05) is 53.6 Å². The first kappa shape index (κ1) is 29.0. The molecule has 1 atom stereocenters. The molecule has 0 radical (unpaired) electrons. The minimum absolute atomic E-state index is 0.0337. The number of ether oxygens (including phenoxy) is 3. The lowest BCUT2D eigenvalue weighted by molar-refractivity contribution is -0.141. The van der Waals surface area contributed by atoms with E-state index in [1.807, 2.05) is 30.3 Å². The highest BCUT2D eigenvalue weighted by Crippen LogP contribution is 2.29. The minimum atomic E-state index is -0.886. The number of hydrogen-bond donors (Lipinski definition) is 1. The van der Waals surface area contributed by atoms with E-state index < -0.39 is 6.04 Å². The van der Waals surface area contributed by atoms with Gasteiger partial charge in [0.15, 0.2) is 11.5 Å². The minimum Gasteiger partial charge on any atom is -0.493 e. The van der Waals surface area contributed by atoms with Gasteiger partial charge in [-0.15, -0.1) is 0 Å². The monoisotopic (exact) mass is 549 g/mol. The van der Waals surface area contributed by atoms with Gasteiger partial charge in [-0.1, -0.05) is 48.5 Å². The maximum Gasteiger partial charge on any atom is 0.247 e. The van der Waals surface area contributed by atoms with Crippen molar-refractivity contribution in [1.29, 1.82) is 0 Å². The summed E-state index contributed by atoms with van der Waals surface area (Å²) in [6.07, 6.45) is 0.0337. The first-order valence-electron chi connectivity index (χ1n) is 13.4. The summed E-state index contributed by atoms with van der Waals surface area (Å²) >= 11 is 0. The summed E-state index contributed by atoms with van der Waals surface area (Å²) in [6.45, 7) is 4.25. The van der Waals surface area contributed by atoms with Crippen molar-refractivity contribution in [3.05, 3.63) is 95.3 Å². The summed E-state index contributed by atoms with van der Waals surface area (Å²) in [7, 11) is 3.09. The first-order valence-corrected chi connectivity index (χ1v) is 13.4. The average molecular weight is 550 g/mol. The second kappa shape index (κ2) is 14.4.